The lowest BCUT2D eigenvalue weighted by Gasteiger charge is -2.07. The second kappa shape index (κ2) is 7.89. The van der Waals surface area contributed by atoms with E-state index in [0.29, 0.717) is 0 Å². The molecule has 0 aliphatic carbocycles. The van der Waals surface area contributed by atoms with Crippen LogP contribution in [0.3, 0.4) is 0 Å². The van der Waals surface area contributed by atoms with Crippen molar-refractivity contribution in [3.05, 3.63) is 70.8 Å². The zero-order valence-electron chi connectivity index (χ0n) is 12.3. The number of rotatable bonds is 7. The number of halogens is 2. The van der Waals surface area contributed by atoms with Crippen molar-refractivity contribution in [3.8, 4) is 0 Å². The summed E-state index contributed by atoms with van der Waals surface area (Å²) in [5.74, 6) is -0.967. The highest BCUT2D eigenvalue weighted by Gasteiger charge is 2.08. The molecular weight excluding hydrogens is 268 g/mol. The Kier molecular flexibility index (Phi) is 5.88. The van der Waals surface area contributed by atoms with Crippen LogP contribution < -0.4 is 5.32 Å². The number of hydrogen-bond donors (Lipinski definition) is 1. The summed E-state index contributed by atoms with van der Waals surface area (Å²) < 4.78 is 27.2. The van der Waals surface area contributed by atoms with Gasteiger partial charge in [0.2, 0.25) is 0 Å². The molecule has 0 radical (unpaired) electrons. The van der Waals surface area contributed by atoms with Gasteiger partial charge in [-0.25, -0.2) is 8.78 Å². The molecule has 2 aromatic carbocycles. The molecule has 2 aromatic rings. The Labute approximate surface area is 125 Å². The van der Waals surface area contributed by atoms with Gasteiger partial charge in [-0.3, -0.25) is 0 Å². The first-order valence-electron chi connectivity index (χ1n) is 7.42. The second-order valence-electron chi connectivity index (χ2n) is 5.19. The van der Waals surface area contributed by atoms with Gasteiger partial charge in [0, 0.05) is 12.0 Å². The molecule has 0 fully saturated rings. The normalized spacial score (nSPS) is 10.8. The predicted molar refractivity (Wildman–Crippen MR) is 82.5 cm³/mol. The standard InChI is InChI=1S/C18H21F2N/c1-2-11-21-12-10-14-6-8-15(9-7-14)13-16-17(19)4-3-5-18(16)20/h3-9,21H,2,10-13H2,1H3. The molecule has 0 spiro atoms. The van der Waals surface area contributed by atoms with E-state index in [2.05, 4.69) is 12.2 Å². The zero-order valence-corrected chi connectivity index (χ0v) is 12.3. The molecule has 21 heavy (non-hydrogen) atoms. The van der Waals surface area contributed by atoms with Crippen LogP contribution in [0.25, 0.3) is 0 Å². The Balaban J connectivity index is 1.96. The average molecular weight is 289 g/mol. The van der Waals surface area contributed by atoms with Gasteiger partial charge in [0.1, 0.15) is 11.6 Å². The van der Waals surface area contributed by atoms with Gasteiger partial charge in [-0.2, -0.15) is 0 Å². The van der Waals surface area contributed by atoms with Crippen LogP contribution in [-0.4, -0.2) is 13.1 Å². The lowest BCUT2D eigenvalue weighted by atomic mass is 10.0. The van der Waals surface area contributed by atoms with E-state index >= 15 is 0 Å². The Bertz CT molecular complexity index is 544. The first kappa shape index (κ1) is 15.6. The number of benzene rings is 2. The number of nitrogens with one attached hydrogen (secondary N) is 1. The van der Waals surface area contributed by atoms with Crippen molar-refractivity contribution < 1.29 is 8.78 Å². The molecule has 0 aliphatic rings. The van der Waals surface area contributed by atoms with Gasteiger partial charge in [-0.15, -0.1) is 0 Å². The fourth-order valence-corrected chi connectivity index (χ4v) is 2.26. The topological polar surface area (TPSA) is 12.0 Å². The van der Waals surface area contributed by atoms with Gasteiger partial charge in [0.05, 0.1) is 0 Å². The van der Waals surface area contributed by atoms with Crippen molar-refractivity contribution >= 4 is 0 Å². The summed E-state index contributed by atoms with van der Waals surface area (Å²) in [6.45, 7) is 4.13. The average Bonchev–Trinajstić information content (AvgIpc) is 2.49. The summed E-state index contributed by atoms with van der Waals surface area (Å²) in [5, 5.41) is 3.35. The van der Waals surface area contributed by atoms with Crippen LogP contribution in [0.5, 0.6) is 0 Å². The summed E-state index contributed by atoms with van der Waals surface area (Å²) in [4.78, 5) is 0. The van der Waals surface area contributed by atoms with E-state index in [1.54, 1.807) is 0 Å². The van der Waals surface area contributed by atoms with Crippen molar-refractivity contribution in [1.82, 2.24) is 5.32 Å². The van der Waals surface area contributed by atoms with E-state index in [-0.39, 0.29) is 12.0 Å². The molecule has 0 unspecified atom stereocenters. The molecule has 0 aromatic heterocycles. The highest BCUT2D eigenvalue weighted by Crippen LogP contribution is 2.17. The van der Waals surface area contributed by atoms with Crippen LogP contribution >= 0.6 is 0 Å². The minimum atomic E-state index is -0.483. The molecule has 1 N–H and O–H groups in total. The third kappa shape index (κ3) is 4.64. The summed E-state index contributed by atoms with van der Waals surface area (Å²) in [6.07, 6.45) is 2.38. The van der Waals surface area contributed by atoms with E-state index in [0.717, 1.165) is 31.5 Å². The van der Waals surface area contributed by atoms with Crippen LogP contribution in [0, 0.1) is 11.6 Å². The SMILES string of the molecule is CCCNCCc1ccc(Cc2c(F)cccc2F)cc1. The van der Waals surface area contributed by atoms with E-state index in [4.69, 9.17) is 0 Å². The smallest absolute Gasteiger partial charge is 0.129 e. The van der Waals surface area contributed by atoms with E-state index in [1.807, 2.05) is 24.3 Å². The van der Waals surface area contributed by atoms with Gasteiger partial charge in [-0.05, 0) is 49.2 Å². The van der Waals surface area contributed by atoms with Gasteiger partial charge in [0.15, 0.2) is 0 Å². The fourth-order valence-electron chi connectivity index (χ4n) is 2.26. The second-order valence-corrected chi connectivity index (χ2v) is 5.19. The Hall–Kier alpha value is -1.74. The van der Waals surface area contributed by atoms with Crippen molar-refractivity contribution in [3.63, 3.8) is 0 Å². The molecule has 0 saturated heterocycles. The first-order valence-corrected chi connectivity index (χ1v) is 7.42. The summed E-state index contributed by atoms with van der Waals surface area (Å²) in [6, 6.07) is 11.9. The van der Waals surface area contributed by atoms with Crippen LogP contribution in [0.4, 0.5) is 8.78 Å². The molecule has 0 saturated carbocycles. The highest BCUT2D eigenvalue weighted by molar-refractivity contribution is 5.30. The van der Waals surface area contributed by atoms with Crippen molar-refractivity contribution in [2.75, 3.05) is 13.1 Å². The van der Waals surface area contributed by atoms with Crippen LogP contribution in [0.1, 0.15) is 30.0 Å². The molecule has 112 valence electrons. The molecule has 1 nitrogen and oxygen atoms in total. The summed E-state index contributed by atoms with van der Waals surface area (Å²) >= 11 is 0. The summed E-state index contributed by atoms with van der Waals surface area (Å²) in [5.41, 5.74) is 2.29. The van der Waals surface area contributed by atoms with Crippen molar-refractivity contribution in [1.29, 1.82) is 0 Å². The minimum Gasteiger partial charge on any atom is -0.316 e. The fraction of sp³-hybridized carbons (Fsp3) is 0.333. The lowest BCUT2D eigenvalue weighted by molar-refractivity contribution is 0.561. The maximum atomic E-state index is 13.6. The van der Waals surface area contributed by atoms with Crippen molar-refractivity contribution in [2.24, 2.45) is 0 Å². The van der Waals surface area contributed by atoms with E-state index < -0.39 is 11.6 Å². The molecule has 2 rings (SSSR count). The van der Waals surface area contributed by atoms with Crippen LogP contribution in [-0.2, 0) is 12.8 Å². The van der Waals surface area contributed by atoms with Gasteiger partial charge >= 0.3 is 0 Å². The third-order valence-corrected chi connectivity index (χ3v) is 3.48. The molecule has 0 amide bonds. The molecule has 0 bridgehead atoms. The summed E-state index contributed by atoms with van der Waals surface area (Å²) in [7, 11) is 0. The van der Waals surface area contributed by atoms with Crippen LogP contribution in [0.2, 0.25) is 0 Å². The Morgan fingerprint density at radius 3 is 2.10 bits per heavy atom. The van der Waals surface area contributed by atoms with Gasteiger partial charge in [-0.1, -0.05) is 37.3 Å². The highest BCUT2D eigenvalue weighted by atomic mass is 19.1. The Morgan fingerprint density at radius 2 is 1.48 bits per heavy atom. The van der Waals surface area contributed by atoms with E-state index in [1.165, 1.54) is 23.8 Å². The quantitative estimate of drug-likeness (QED) is 0.757. The van der Waals surface area contributed by atoms with Crippen molar-refractivity contribution in [2.45, 2.75) is 26.2 Å². The first-order chi connectivity index (χ1) is 10.2. The predicted octanol–water partition coefficient (Wildman–Crippen LogP) is 4.10. The maximum absolute atomic E-state index is 13.6. The monoisotopic (exact) mass is 289 g/mol. The molecule has 0 aliphatic heterocycles. The maximum Gasteiger partial charge on any atom is 0.129 e. The molecular formula is C18H21F2N. The van der Waals surface area contributed by atoms with Crippen LogP contribution in [0.15, 0.2) is 42.5 Å². The third-order valence-electron chi connectivity index (χ3n) is 3.48. The number of hydrogen-bond acceptors (Lipinski definition) is 1. The molecule has 0 atom stereocenters. The molecule has 0 heterocycles. The van der Waals surface area contributed by atoms with Gasteiger partial charge < -0.3 is 5.32 Å². The van der Waals surface area contributed by atoms with E-state index in [9.17, 15) is 8.78 Å². The Morgan fingerprint density at radius 1 is 0.857 bits per heavy atom. The van der Waals surface area contributed by atoms with Gasteiger partial charge in [0.25, 0.3) is 0 Å². The molecule has 3 heteroatoms. The largest absolute Gasteiger partial charge is 0.316 e. The minimum absolute atomic E-state index is 0.134. The zero-order chi connectivity index (χ0) is 15.1. The lowest BCUT2D eigenvalue weighted by Crippen LogP contribution is -2.17.